The number of amides is 3. The first-order valence-electron chi connectivity index (χ1n) is 11.7. The number of hydrogen-bond acceptors (Lipinski definition) is 7. The summed E-state index contributed by atoms with van der Waals surface area (Å²) in [5, 5.41) is 42.9. The van der Waals surface area contributed by atoms with Gasteiger partial charge in [-0.05, 0) is 36.4 Å². The van der Waals surface area contributed by atoms with Crippen molar-refractivity contribution in [1.82, 2.24) is 0 Å². The van der Waals surface area contributed by atoms with E-state index in [-0.39, 0.29) is 46.3 Å². The summed E-state index contributed by atoms with van der Waals surface area (Å²) in [6, 6.07) is 14.8. The van der Waals surface area contributed by atoms with Crippen molar-refractivity contribution in [3.8, 4) is 22.9 Å². The average Bonchev–Trinajstić information content (AvgIpc) is 2.91. The maximum absolute atomic E-state index is 13.0. The number of carbonyl (C=O) groups is 4. The third-order valence-corrected chi connectivity index (χ3v) is 5.80. The number of benzene rings is 3. The van der Waals surface area contributed by atoms with Gasteiger partial charge in [0.25, 0.3) is 5.91 Å². The lowest BCUT2D eigenvalue weighted by atomic mass is 9.96. The molecule has 11 nitrogen and oxygen atoms in total. The van der Waals surface area contributed by atoms with Crippen molar-refractivity contribution in [2.75, 3.05) is 22.6 Å². The number of nitriles is 1. The Bertz CT molecular complexity index is 1560. The molecule has 0 spiro atoms. The Balaban J connectivity index is 2.11. The van der Waals surface area contributed by atoms with Crippen molar-refractivity contribution in [3.05, 3.63) is 71.3 Å². The van der Waals surface area contributed by atoms with Crippen LogP contribution >= 0.6 is 0 Å². The van der Waals surface area contributed by atoms with Gasteiger partial charge in [-0.3, -0.25) is 19.8 Å². The molecular weight excluding hydrogens is 502 g/mol. The molecule has 0 aliphatic carbocycles. The SMILES string of the molecule is CCC(=O)N(C)c1cc(C(=N)C(=O)Nc2ccc(C#N)cc2C(=O)O)c(O)cc1-c1ccccc1NC(C)=O. The fourth-order valence-corrected chi connectivity index (χ4v) is 3.87. The number of anilines is 3. The molecule has 5 N–H and O–H groups in total. The smallest absolute Gasteiger partial charge is 0.337 e. The highest BCUT2D eigenvalue weighted by atomic mass is 16.4. The van der Waals surface area contributed by atoms with Crippen LogP contribution in [0.1, 0.15) is 41.8 Å². The number of carboxylic acid groups (broad SMARTS) is 1. The summed E-state index contributed by atoms with van der Waals surface area (Å²) in [4.78, 5) is 50.3. The van der Waals surface area contributed by atoms with Crippen LogP contribution in [0.2, 0.25) is 0 Å². The maximum atomic E-state index is 13.0. The highest BCUT2D eigenvalue weighted by Crippen LogP contribution is 2.40. The van der Waals surface area contributed by atoms with E-state index in [2.05, 4.69) is 10.6 Å². The highest BCUT2D eigenvalue weighted by Gasteiger charge is 2.24. The van der Waals surface area contributed by atoms with Crippen LogP contribution < -0.4 is 15.5 Å². The van der Waals surface area contributed by atoms with Crippen LogP contribution in [0.25, 0.3) is 11.1 Å². The van der Waals surface area contributed by atoms with Crippen LogP contribution in [-0.4, -0.2) is 46.7 Å². The number of aromatic hydroxyl groups is 1. The van der Waals surface area contributed by atoms with Gasteiger partial charge in [0.15, 0.2) is 0 Å². The second-order valence-electron chi connectivity index (χ2n) is 8.43. The zero-order valence-electron chi connectivity index (χ0n) is 21.3. The Kier molecular flexibility index (Phi) is 8.42. The van der Waals surface area contributed by atoms with Crippen LogP contribution in [0.5, 0.6) is 5.75 Å². The van der Waals surface area contributed by atoms with Gasteiger partial charge < -0.3 is 25.7 Å². The summed E-state index contributed by atoms with van der Waals surface area (Å²) >= 11 is 0. The van der Waals surface area contributed by atoms with Crippen LogP contribution in [0.3, 0.4) is 0 Å². The standard InChI is InChI=1S/C28H25N5O6/c1-4-25(36)33(3)23-12-20(24(35)13-18(23)17-7-5-6-8-21(17)31-15(2)34)26(30)27(37)32-22-10-9-16(14-29)11-19(22)28(38)39/h5-13,30,35H,4H2,1-3H3,(H,31,34)(H,32,37)(H,38,39). The molecule has 0 atom stereocenters. The van der Waals surface area contributed by atoms with Crippen LogP contribution in [0.15, 0.2) is 54.6 Å². The van der Waals surface area contributed by atoms with Gasteiger partial charge >= 0.3 is 5.97 Å². The van der Waals surface area contributed by atoms with E-state index in [0.717, 1.165) is 6.07 Å². The first kappa shape index (κ1) is 28.1. The third kappa shape index (κ3) is 6.08. The van der Waals surface area contributed by atoms with Gasteiger partial charge in [0.2, 0.25) is 11.8 Å². The molecule has 3 amide bonds. The van der Waals surface area contributed by atoms with Gasteiger partial charge in [-0.25, -0.2) is 4.79 Å². The van der Waals surface area contributed by atoms with E-state index in [0.29, 0.717) is 16.8 Å². The lowest BCUT2D eigenvalue weighted by Crippen LogP contribution is -2.27. The molecule has 0 aliphatic heterocycles. The highest BCUT2D eigenvalue weighted by molar-refractivity contribution is 6.48. The second-order valence-corrected chi connectivity index (χ2v) is 8.43. The number of para-hydroxylation sites is 1. The summed E-state index contributed by atoms with van der Waals surface area (Å²) in [5.74, 6) is -3.49. The molecule has 0 heterocycles. The van der Waals surface area contributed by atoms with Crippen molar-refractivity contribution < 1.29 is 29.4 Å². The molecular formula is C28H25N5O6. The molecule has 0 fully saturated rings. The number of phenolic OH excluding ortho intramolecular Hbond substituents is 1. The summed E-state index contributed by atoms with van der Waals surface area (Å²) in [7, 11) is 1.51. The largest absolute Gasteiger partial charge is 0.507 e. The zero-order chi connectivity index (χ0) is 28.9. The van der Waals surface area contributed by atoms with Gasteiger partial charge in [-0.2, -0.15) is 5.26 Å². The van der Waals surface area contributed by atoms with E-state index < -0.39 is 23.3 Å². The quantitative estimate of drug-likeness (QED) is 0.274. The summed E-state index contributed by atoms with van der Waals surface area (Å²) in [6.07, 6.45) is 0.147. The molecule has 3 aromatic carbocycles. The van der Waals surface area contributed by atoms with Gasteiger partial charge in [0, 0.05) is 42.8 Å². The Morgan fingerprint density at radius 3 is 2.28 bits per heavy atom. The minimum atomic E-state index is -1.39. The number of carbonyl (C=O) groups excluding carboxylic acids is 3. The molecule has 0 saturated heterocycles. The van der Waals surface area contributed by atoms with Crippen LogP contribution in [0.4, 0.5) is 17.1 Å². The Morgan fingerprint density at radius 2 is 1.67 bits per heavy atom. The van der Waals surface area contributed by atoms with Crippen molar-refractivity contribution in [2.45, 2.75) is 20.3 Å². The molecule has 0 bridgehead atoms. The van der Waals surface area contributed by atoms with E-state index in [4.69, 9.17) is 10.7 Å². The summed E-state index contributed by atoms with van der Waals surface area (Å²) in [6.45, 7) is 3.01. The van der Waals surface area contributed by atoms with Crippen molar-refractivity contribution in [3.63, 3.8) is 0 Å². The molecule has 11 heteroatoms. The number of aromatic carboxylic acids is 1. The van der Waals surface area contributed by atoms with E-state index >= 15 is 0 Å². The molecule has 198 valence electrons. The minimum Gasteiger partial charge on any atom is -0.507 e. The monoisotopic (exact) mass is 527 g/mol. The van der Waals surface area contributed by atoms with E-state index in [1.807, 2.05) is 6.07 Å². The molecule has 0 aromatic heterocycles. The number of carboxylic acids is 1. The molecule has 0 unspecified atom stereocenters. The number of nitrogens with one attached hydrogen (secondary N) is 3. The lowest BCUT2D eigenvalue weighted by Gasteiger charge is -2.23. The number of hydrogen-bond donors (Lipinski definition) is 5. The molecule has 3 aromatic rings. The van der Waals surface area contributed by atoms with Crippen molar-refractivity contribution in [1.29, 1.82) is 10.7 Å². The maximum Gasteiger partial charge on any atom is 0.337 e. The zero-order valence-corrected chi connectivity index (χ0v) is 21.3. The molecule has 0 saturated carbocycles. The molecule has 0 aliphatic rings. The first-order valence-corrected chi connectivity index (χ1v) is 11.7. The average molecular weight is 528 g/mol. The Labute approximate surface area is 223 Å². The number of phenols is 1. The van der Waals surface area contributed by atoms with Crippen molar-refractivity contribution in [2.24, 2.45) is 0 Å². The topological polar surface area (TPSA) is 184 Å². The first-order chi connectivity index (χ1) is 18.5. The van der Waals surface area contributed by atoms with E-state index in [1.54, 1.807) is 31.2 Å². The van der Waals surface area contributed by atoms with Gasteiger partial charge in [0.1, 0.15) is 11.5 Å². The number of nitrogens with zero attached hydrogens (tertiary/aromatic N) is 2. The fraction of sp³-hybridized carbons (Fsp3) is 0.143. The van der Waals surface area contributed by atoms with Gasteiger partial charge in [-0.15, -0.1) is 0 Å². The number of rotatable bonds is 8. The predicted octanol–water partition coefficient (Wildman–Crippen LogP) is 3.97. The summed E-state index contributed by atoms with van der Waals surface area (Å²) < 4.78 is 0. The van der Waals surface area contributed by atoms with Crippen LogP contribution in [-0.2, 0) is 14.4 Å². The molecule has 3 rings (SSSR count). The lowest BCUT2D eigenvalue weighted by molar-refractivity contribution is -0.118. The predicted molar refractivity (Wildman–Crippen MR) is 145 cm³/mol. The Hall–Kier alpha value is -5.50. The second kappa shape index (κ2) is 11.7. The minimum absolute atomic E-state index is 0.0709. The van der Waals surface area contributed by atoms with Gasteiger partial charge in [-0.1, -0.05) is 25.1 Å². The Morgan fingerprint density at radius 1 is 0.974 bits per heavy atom. The normalized spacial score (nSPS) is 10.2. The molecule has 39 heavy (non-hydrogen) atoms. The van der Waals surface area contributed by atoms with E-state index in [9.17, 15) is 29.4 Å². The van der Waals surface area contributed by atoms with Gasteiger partial charge in [0.05, 0.1) is 28.6 Å². The molecule has 0 radical (unpaired) electrons. The van der Waals surface area contributed by atoms with E-state index in [1.165, 1.54) is 43.1 Å². The summed E-state index contributed by atoms with van der Waals surface area (Å²) in [5.41, 5.74) is 0.187. The third-order valence-electron chi connectivity index (χ3n) is 5.80. The fourth-order valence-electron chi connectivity index (χ4n) is 3.87. The van der Waals surface area contributed by atoms with Crippen molar-refractivity contribution >= 4 is 46.5 Å². The van der Waals surface area contributed by atoms with Crippen LogP contribution in [0, 0.1) is 16.7 Å².